The van der Waals surface area contributed by atoms with Crippen LogP contribution in [-0.2, 0) is 10.9 Å². The second kappa shape index (κ2) is 8.67. The second-order valence-corrected chi connectivity index (χ2v) is 4.62. The van der Waals surface area contributed by atoms with E-state index in [0.717, 1.165) is 18.9 Å². The van der Waals surface area contributed by atoms with Crippen molar-refractivity contribution in [3.63, 3.8) is 0 Å². The van der Waals surface area contributed by atoms with Crippen LogP contribution >= 0.6 is 0 Å². The lowest BCUT2D eigenvalue weighted by Crippen LogP contribution is -2.27. The first-order chi connectivity index (χ1) is 9.96. The minimum absolute atomic E-state index is 0.289. The van der Waals surface area contributed by atoms with Crippen molar-refractivity contribution in [3.05, 3.63) is 35.4 Å². The standard InChI is InChI=1S/C15H20F3NO2/c1-2-3-10-21-11-6-9-19-14(20)12-7-4-5-8-13(12)15(16,17)18/h4-5,7-8H,2-3,6,9-11H2,1H3,(H,19,20). The van der Waals surface area contributed by atoms with Crippen molar-refractivity contribution in [1.29, 1.82) is 0 Å². The van der Waals surface area contributed by atoms with Gasteiger partial charge in [0.05, 0.1) is 11.1 Å². The van der Waals surface area contributed by atoms with Gasteiger partial charge in [0.1, 0.15) is 0 Å². The number of hydrogen-bond acceptors (Lipinski definition) is 2. The fourth-order valence-electron chi connectivity index (χ4n) is 1.75. The number of carbonyl (C=O) groups is 1. The maximum absolute atomic E-state index is 12.8. The monoisotopic (exact) mass is 303 g/mol. The van der Waals surface area contributed by atoms with Gasteiger partial charge in [-0.15, -0.1) is 0 Å². The first-order valence-corrected chi connectivity index (χ1v) is 6.99. The molecule has 0 saturated heterocycles. The van der Waals surface area contributed by atoms with Crippen LogP contribution in [0.2, 0.25) is 0 Å². The largest absolute Gasteiger partial charge is 0.417 e. The Balaban J connectivity index is 2.43. The number of amides is 1. The van der Waals surface area contributed by atoms with Crippen LogP contribution in [-0.4, -0.2) is 25.7 Å². The molecule has 0 aromatic heterocycles. The molecule has 1 rings (SSSR count). The molecule has 0 radical (unpaired) electrons. The van der Waals surface area contributed by atoms with Gasteiger partial charge >= 0.3 is 6.18 Å². The van der Waals surface area contributed by atoms with Crippen LogP contribution in [0.1, 0.15) is 42.1 Å². The average molecular weight is 303 g/mol. The van der Waals surface area contributed by atoms with E-state index in [1.165, 1.54) is 18.2 Å². The molecule has 0 aliphatic carbocycles. The van der Waals surface area contributed by atoms with Crippen molar-refractivity contribution in [2.75, 3.05) is 19.8 Å². The van der Waals surface area contributed by atoms with Gasteiger partial charge in [0.2, 0.25) is 0 Å². The summed E-state index contributed by atoms with van der Waals surface area (Å²) in [6.45, 7) is 3.50. The van der Waals surface area contributed by atoms with Crippen LogP contribution in [0.25, 0.3) is 0 Å². The predicted octanol–water partition coefficient (Wildman–Crippen LogP) is 3.64. The van der Waals surface area contributed by atoms with Gasteiger partial charge in [0.25, 0.3) is 5.91 Å². The van der Waals surface area contributed by atoms with E-state index in [1.54, 1.807) is 0 Å². The van der Waals surface area contributed by atoms with E-state index in [2.05, 4.69) is 12.2 Å². The van der Waals surface area contributed by atoms with Crippen LogP contribution in [0.5, 0.6) is 0 Å². The van der Waals surface area contributed by atoms with E-state index >= 15 is 0 Å². The molecule has 1 amide bonds. The SMILES string of the molecule is CCCCOCCCNC(=O)c1ccccc1C(F)(F)F. The molecule has 21 heavy (non-hydrogen) atoms. The zero-order chi connectivity index (χ0) is 15.7. The summed E-state index contributed by atoms with van der Waals surface area (Å²) in [6.07, 6.45) is -1.93. The van der Waals surface area contributed by atoms with Crippen molar-refractivity contribution in [2.45, 2.75) is 32.4 Å². The third kappa shape index (κ3) is 6.16. The number of carbonyl (C=O) groups excluding carboxylic acids is 1. The Morgan fingerprint density at radius 3 is 2.52 bits per heavy atom. The fraction of sp³-hybridized carbons (Fsp3) is 0.533. The highest BCUT2D eigenvalue weighted by Gasteiger charge is 2.34. The minimum Gasteiger partial charge on any atom is -0.381 e. The van der Waals surface area contributed by atoms with Gasteiger partial charge in [0, 0.05) is 19.8 Å². The predicted molar refractivity (Wildman–Crippen MR) is 74.1 cm³/mol. The van der Waals surface area contributed by atoms with Gasteiger partial charge in [-0.1, -0.05) is 25.5 Å². The van der Waals surface area contributed by atoms with E-state index in [0.29, 0.717) is 19.6 Å². The highest BCUT2D eigenvalue weighted by molar-refractivity contribution is 5.95. The van der Waals surface area contributed by atoms with Crippen molar-refractivity contribution < 1.29 is 22.7 Å². The lowest BCUT2D eigenvalue weighted by Gasteiger charge is -2.12. The Morgan fingerprint density at radius 1 is 1.19 bits per heavy atom. The Hall–Kier alpha value is -1.56. The summed E-state index contributed by atoms with van der Waals surface area (Å²) in [5.41, 5.74) is -1.27. The van der Waals surface area contributed by atoms with Crippen molar-refractivity contribution in [2.24, 2.45) is 0 Å². The Labute approximate surface area is 122 Å². The van der Waals surface area contributed by atoms with Gasteiger partial charge in [-0.25, -0.2) is 0 Å². The third-order valence-electron chi connectivity index (χ3n) is 2.87. The van der Waals surface area contributed by atoms with Crippen molar-refractivity contribution in [3.8, 4) is 0 Å². The van der Waals surface area contributed by atoms with E-state index in [1.807, 2.05) is 0 Å². The van der Waals surface area contributed by atoms with E-state index in [-0.39, 0.29) is 12.1 Å². The highest BCUT2D eigenvalue weighted by Crippen LogP contribution is 2.31. The molecular formula is C15H20F3NO2. The summed E-state index contributed by atoms with van der Waals surface area (Å²) in [7, 11) is 0. The first-order valence-electron chi connectivity index (χ1n) is 6.99. The molecular weight excluding hydrogens is 283 g/mol. The maximum Gasteiger partial charge on any atom is 0.417 e. The average Bonchev–Trinajstić information content (AvgIpc) is 2.45. The molecule has 1 aromatic rings. The highest BCUT2D eigenvalue weighted by atomic mass is 19.4. The number of hydrogen-bond donors (Lipinski definition) is 1. The zero-order valence-corrected chi connectivity index (χ0v) is 12.0. The van der Waals surface area contributed by atoms with Gasteiger partial charge in [-0.3, -0.25) is 4.79 Å². The van der Waals surface area contributed by atoms with E-state index in [9.17, 15) is 18.0 Å². The molecule has 0 spiro atoms. The first kappa shape index (κ1) is 17.5. The van der Waals surface area contributed by atoms with Gasteiger partial charge in [-0.05, 0) is 25.0 Å². The van der Waals surface area contributed by atoms with Crippen LogP contribution in [0, 0.1) is 0 Å². The molecule has 3 nitrogen and oxygen atoms in total. The molecule has 0 atom stereocenters. The van der Waals surface area contributed by atoms with Crippen LogP contribution < -0.4 is 5.32 Å². The maximum atomic E-state index is 12.8. The summed E-state index contributed by atoms with van der Waals surface area (Å²) in [4.78, 5) is 11.8. The summed E-state index contributed by atoms with van der Waals surface area (Å²) < 4.78 is 43.6. The van der Waals surface area contributed by atoms with Crippen molar-refractivity contribution >= 4 is 5.91 Å². The topological polar surface area (TPSA) is 38.3 Å². The van der Waals surface area contributed by atoms with Gasteiger partial charge in [0.15, 0.2) is 0 Å². The number of ether oxygens (including phenoxy) is 1. The quantitative estimate of drug-likeness (QED) is 0.745. The normalized spacial score (nSPS) is 11.4. The molecule has 0 heterocycles. The molecule has 0 bridgehead atoms. The summed E-state index contributed by atoms with van der Waals surface area (Å²) >= 11 is 0. The van der Waals surface area contributed by atoms with Crippen molar-refractivity contribution in [1.82, 2.24) is 5.32 Å². The van der Waals surface area contributed by atoms with Crippen LogP contribution in [0.4, 0.5) is 13.2 Å². The molecule has 0 saturated carbocycles. The van der Waals surface area contributed by atoms with Gasteiger partial charge in [-0.2, -0.15) is 13.2 Å². The number of benzene rings is 1. The molecule has 0 unspecified atom stereocenters. The lowest BCUT2D eigenvalue weighted by atomic mass is 10.1. The molecule has 0 aliphatic heterocycles. The number of unbranched alkanes of at least 4 members (excludes halogenated alkanes) is 1. The molecule has 1 N–H and O–H groups in total. The summed E-state index contributed by atoms with van der Waals surface area (Å²) in [5.74, 6) is -0.712. The molecule has 118 valence electrons. The van der Waals surface area contributed by atoms with Gasteiger partial charge < -0.3 is 10.1 Å². The number of alkyl halides is 3. The second-order valence-electron chi connectivity index (χ2n) is 4.62. The molecule has 6 heteroatoms. The Bertz CT molecular complexity index is 447. The molecule has 1 aromatic carbocycles. The molecule has 0 aliphatic rings. The number of halogens is 3. The zero-order valence-electron chi connectivity index (χ0n) is 12.0. The molecule has 0 fully saturated rings. The Kier molecular flexibility index (Phi) is 7.22. The van der Waals surface area contributed by atoms with E-state index < -0.39 is 17.6 Å². The lowest BCUT2D eigenvalue weighted by molar-refractivity contribution is -0.137. The summed E-state index contributed by atoms with van der Waals surface area (Å²) in [5, 5.41) is 2.48. The number of rotatable bonds is 8. The Morgan fingerprint density at radius 2 is 1.86 bits per heavy atom. The number of nitrogens with one attached hydrogen (secondary N) is 1. The summed E-state index contributed by atoms with van der Waals surface area (Å²) in [6, 6.07) is 4.76. The van der Waals surface area contributed by atoms with Crippen LogP contribution in [0.15, 0.2) is 24.3 Å². The smallest absolute Gasteiger partial charge is 0.381 e. The fourth-order valence-corrected chi connectivity index (χ4v) is 1.75. The van der Waals surface area contributed by atoms with E-state index in [4.69, 9.17) is 4.74 Å². The minimum atomic E-state index is -4.53. The van der Waals surface area contributed by atoms with Crippen LogP contribution in [0.3, 0.4) is 0 Å². The third-order valence-corrected chi connectivity index (χ3v) is 2.87.